The van der Waals surface area contributed by atoms with Crippen molar-refractivity contribution in [3.05, 3.63) is 29.8 Å². The van der Waals surface area contributed by atoms with Gasteiger partial charge >= 0.3 is 0 Å². The maximum Gasteiger partial charge on any atom is 0.285 e. The quantitative estimate of drug-likeness (QED) is 0.850. The van der Waals surface area contributed by atoms with Gasteiger partial charge in [0.15, 0.2) is 5.84 Å². The molecule has 2 rings (SSSR count). The van der Waals surface area contributed by atoms with Crippen molar-refractivity contribution in [2.75, 3.05) is 13.6 Å². The Morgan fingerprint density at radius 3 is 2.54 bits per heavy atom. The number of rotatable bonds is 6. The normalized spacial score (nSPS) is 16.5. The van der Waals surface area contributed by atoms with E-state index in [4.69, 9.17) is 0 Å². The van der Waals surface area contributed by atoms with E-state index in [2.05, 4.69) is 23.6 Å². The minimum Gasteiger partial charge on any atom is -0.352 e. The molecule has 0 fully saturated rings. The van der Waals surface area contributed by atoms with E-state index in [9.17, 15) is 13.2 Å². The van der Waals surface area contributed by atoms with Crippen molar-refractivity contribution in [3.63, 3.8) is 0 Å². The number of hydrogen-bond donors (Lipinski definition) is 1. The maximum atomic E-state index is 12.2. The molecule has 0 saturated carbocycles. The largest absolute Gasteiger partial charge is 0.352 e. The molecule has 1 unspecified atom stereocenters. The molecule has 0 saturated heterocycles. The van der Waals surface area contributed by atoms with Crippen molar-refractivity contribution in [2.45, 2.75) is 44.6 Å². The molecule has 0 radical (unpaired) electrons. The highest BCUT2D eigenvalue weighted by molar-refractivity contribution is 7.90. The monoisotopic (exact) mass is 351 g/mol. The van der Waals surface area contributed by atoms with Gasteiger partial charge in [0.2, 0.25) is 5.91 Å². The van der Waals surface area contributed by atoms with Crippen LogP contribution in [0.5, 0.6) is 0 Å². The van der Waals surface area contributed by atoms with Crippen LogP contribution in [0.2, 0.25) is 0 Å². The molecule has 1 atom stereocenters. The van der Waals surface area contributed by atoms with Gasteiger partial charge < -0.3 is 10.2 Å². The number of benzene rings is 1. The molecule has 1 aliphatic heterocycles. The molecule has 132 valence electrons. The third kappa shape index (κ3) is 4.35. The van der Waals surface area contributed by atoms with Crippen LogP contribution in [0.3, 0.4) is 0 Å². The number of fused-ring (bicyclic) bond motifs is 1. The van der Waals surface area contributed by atoms with E-state index >= 15 is 0 Å². The highest BCUT2D eigenvalue weighted by Crippen LogP contribution is 2.26. The Balaban J connectivity index is 2.01. The molecule has 1 aromatic rings. The topological polar surface area (TPSA) is 78.8 Å². The van der Waals surface area contributed by atoms with Crippen LogP contribution >= 0.6 is 0 Å². The number of likely N-dealkylation sites (N-methyl/N-ethyl adjacent to an activating group) is 1. The van der Waals surface area contributed by atoms with Crippen LogP contribution in [-0.4, -0.2) is 44.7 Å². The zero-order chi connectivity index (χ0) is 17.9. The van der Waals surface area contributed by atoms with E-state index in [0.717, 1.165) is 12.8 Å². The van der Waals surface area contributed by atoms with E-state index in [1.165, 1.54) is 6.07 Å². The molecule has 1 N–H and O–H groups in total. The van der Waals surface area contributed by atoms with Crippen LogP contribution in [-0.2, 0) is 14.8 Å². The minimum absolute atomic E-state index is 0.0642. The lowest BCUT2D eigenvalue weighted by Gasteiger charge is -2.21. The Morgan fingerprint density at radius 1 is 1.21 bits per heavy atom. The van der Waals surface area contributed by atoms with Gasteiger partial charge in [-0.05, 0) is 37.8 Å². The molecule has 7 heteroatoms. The number of nitrogens with zero attached hydrogens (tertiary/aromatic N) is 2. The van der Waals surface area contributed by atoms with Crippen molar-refractivity contribution in [2.24, 2.45) is 10.3 Å². The summed E-state index contributed by atoms with van der Waals surface area (Å²) in [4.78, 5) is 14.0. The first kappa shape index (κ1) is 18.4. The maximum absolute atomic E-state index is 12.2. The summed E-state index contributed by atoms with van der Waals surface area (Å²) in [6.45, 7) is 6.35. The van der Waals surface area contributed by atoms with Crippen molar-refractivity contribution in [1.82, 2.24) is 10.2 Å². The molecule has 1 aromatic carbocycles. The summed E-state index contributed by atoms with van der Waals surface area (Å²) in [7, 11) is -1.99. The second kappa shape index (κ2) is 7.34. The van der Waals surface area contributed by atoms with Crippen LogP contribution in [0.4, 0.5) is 0 Å². The molecule has 0 aliphatic carbocycles. The highest BCUT2D eigenvalue weighted by Gasteiger charge is 2.30. The third-order valence-corrected chi connectivity index (χ3v) is 5.26. The molecular formula is C17H25N3O3S. The Hall–Kier alpha value is -1.89. The van der Waals surface area contributed by atoms with Crippen molar-refractivity contribution in [1.29, 1.82) is 0 Å². The molecule has 0 aromatic heterocycles. The summed E-state index contributed by atoms with van der Waals surface area (Å²) < 4.78 is 27.9. The number of amides is 1. The fourth-order valence-corrected chi connectivity index (χ4v) is 3.88. The average Bonchev–Trinajstić information content (AvgIpc) is 2.77. The number of carbonyl (C=O) groups excluding carboxylic acids is 1. The molecule has 24 heavy (non-hydrogen) atoms. The molecule has 6 nitrogen and oxygen atoms in total. The lowest BCUT2D eigenvalue weighted by atomic mass is 10.0. The number of amidine groups is 1. The Morgan fingerprint density at radius 2 is 1.88 bits per heavy atom. The van der Waals surface area contributed by atoms with Crippen LogP contribution in [0.1, 0.15) is 39.2 Å². The molecule has 1 heterocycles. The van der Waals surface area contributed by atoms with Gasteiger partial charge in [0.1, 0.15) is 4.90 Å². The third-order valence-electron chi connectivity index (χ3n) is 3.94. The number of hydrogen-bond acceptors (Lipinski definition) is 4. The number of nitrogens with one attached hydrogen (secondary N) is 1. The first-order valence-corrected chi connectivity index (χ1v) is 9.59. The molecule has 0 bridgehead atoms. The second-order valence-electron chi connectivity index (χ2n) is 6.68. The van der Waals surface area contributed by atoms with Gasteiger partial charge in [-0.25, -0.2) is 0 Å². The van der Waals surface area contributed by atoms with E-state index in [-0.39, 0.29) is 23.4 Å². The van der Waals surface area contributed by atoms with Gasteiger partial charge in [-0.1, -0.05) is 26.0 Å². The fourth-order valence-electron chi connectivity index (χ4n) is 2.63. The average molecular weight is 351 g/mol. The molecular weight excluding hydrogens is 326 g/mol. The van der Waals surface area contributed by atoms with Crippen LogP contribution in [0.15, 0.2) is 33.6 Å². The van der Waals surface area contributed by atoms with E-state index in [1.54, 1.807) is 30.1 Å². The smallest absolute Gasteiger partial charge is 0.285 e. The zero-order valence-electron chi connectivity index (χ0n) is 14.6. The van der Waals surface area contributed by atoms with E-state index in [0.29, 0.717) is 17.3 Å². The van der Waals surface area contributed by atoms with Crippen LogP contribution in [0.25, 0.3) is 0 Å². The van der Waals surface area contributed by atoms with E-state index in [1.807, 2.05) is 6.92 Å². The van der Waals surface area contributed by atoms with Gasteiger partial charge in [0.25, 0.3) is 10.0 Å². The van der Waals surface area contributed by atoms with Gasteiger partial charge in [-0.2, -0.15) is 8.42 Å². The Bertz CT molecular complexity index is 741. The zero-order valence-corrected chi connectivity index (χ0v) is 15.4. The minimum atomic E-state index is -3.66. The summed E-state index contributed by atoms with van der Waals surface area (Å²) >= 11 is 0. The van der Waals surface area contributed by atoms with Crippen molar-refractivity contribution >= 4 is 21.8 Å². The Kier molecular flexibility index (Phi) is 5.64. The first-order chi connectivity index (χ1) is 11.2. The Labute approximate surface area is 144 Å². The molecule has 1 amide bonds. The van der Waals surface area contributed by atoms with E-state index < -0.39 is 10.0 Å². The van der Waals surface area contributed by atoms with Crippen molar-refractivity contribution in [3.8, 4) is 0 Å². The molecule has 0 spiro atoms. The lowest BCUT2D eigenvalue weighted by Crippen LogP contribution is -2.41. The fraction of sp³-hybridized carbons (Fsp3) is 0.529. The molecule has 1 aliphatic rings. The highest BCUT2D eigenvalue weighted by atomic mass is 32.2. The standard InChI is InChI=1S/C17H25N3O3S/c1-12(2)9-10-13(3)18-16(21)11-20(4)17-14-7-5-6-8-15(14)24(22,23)19-17/h5-8,12-13H,9-11H2,1-4H3,(H,18,21). The SMILES string of the molecule is CC(C)CCC(C)NC(=O)CN(C)C1=NS(=O)(=O)c2ccccc21. The van der Waals surface area contributed by atoms with Gasteiger partial charge in [0, 0.05) is 18.7 Å². The predicted octanol–water partition coefficient (Wildman–Crippen LogP) is 2.01. The van der Waals surface area contributed by atoms with Gasteiger partial charge in [0.05, 0.1) is 6.54 Å². The number of carbonyl (C=O) groups is 1. The summed E-state index contributed by atoms with van der Waals surface area (Å²) in [6.07, 6.45) is 1.97. The second-order valence-corrected chi connectivity index (χ2v) is 8.25. The van der Waals surface area contributed by atoms with Crippen LogP contribution < -0.4 is 5.32 Å². The van der Waals surface area contributed by atoms with Gasteiger partial charge in [-0.3, -0.25) is 4.79 Å². The summed E-state index contributed by atoms with van der Waals surface area (Å²) in [5.74, 6) is 0.774. The predicted molar refractivity (Wildman–Crippen MR) is 94.5 cm³/mol. The van der Waals surface area contributed by atoms with Gasteiger partial charge in [-0.15, -0.1) is 4.40 Å². The van der Waals surface area contributed by atoms with Crippen molar-refractivity contribution < 1.29 is 13.2 Å². The summed E-state index contributed by atoms with van der Waals surface area (Å²) in [5.41, 5.74) is 0.542. The van der Waals surface area contributed by atoms with Crippen LogP contribution in [0, 0.1) is 5.92 Å². The summed E-state index contributed by atoms with van der Waals surface area (Å²) in [5, 5.41) is 2.95. The number of sulfonamides is 1. The first-order valence-electron chi connectivity index (χ1n) is 8.15. The lowest BCUT2D eigenvalue weighted by molar-refractivity contribution is -0.121. The summed E-state index contributed by atoms with van der Waals surface area (Å²) in [6, 6.07) is 6.76.